The van der Waals surface area contributed by atoms with E-state index in [2.05, 4.69) is 24.8 Å². The van der Waals surface area contributed by atoms with Gasteiger partial charge >= 0.3 is 0 Å². The van der Waals surface area contributed by atoms with Crippen LogP contribution in [0.25, 0.3) is 6.08 Å². The summed E-state index contributed by atoms with van der Waals surface area (Å²) in [4.78, 5) is 0. The summed E-state index contributed by atoms with van der Waals surface area (Å²) in [6, 6.07) is 10.2. The molecule has 0 aliphatic carbocycles. The predicted octanol–water partition coefficient (Wildman–Crippen LogP) is 5.67. The Morgan fingerprint density at radius 2 is 1.00 bits per heavy atom. The second kappa shape index (κ2) is 11.5. The van der Waals surface area contributed by atoms with Crippen molar-refractivity contribution in [1.82, 2.24) is 0 Å². The number of hydrogen-bond donors (Lipinski definition) is 0. The second-order valence-electron chi connectivity index (χ2n) is 3.93. The number of rotatable bonds is 7. The zero-order valence-electron chi connectivity index (χ0n) is 11.6. The smallest absolute Gasteiger partial charge is 0.0257 e. The zero-order chi connectivity index (χ0) is 14.3. The fraction of sp³-hybridized carbons (Fsp3) is 0. The minimum absolute atomic E-state index is 1.21. The van der Waals surface area contributed by atoms with Gasteiger partial charge in [0.25, 0.3) is 0 Å². The van der Waals surface area contributed by atoms with Gasteiger partial charge in [-0.2, -0.15) is 0 Å². The van der Waals surface area contributed by atoms with Crippen LogP contribution in [0.3, 0.4) is 0 Å². The van der Waals surface area contributed by atoms with Gasteiger partial charge in [-0.3, -0.25) is 0 Å². The summed E-state index contributed by atoms with van der Waals surface area (Å²) in [6.07, 6.45) is 25.6. The molecule has 1 rings (SSSR count). The average molecular weight is 260 g/mol. The molecule has 100 valence electrons. The van der Waals surface area contributed by atoms with E-state index in [-0.39, 0.29) is 0 Å². The molecule has 0 heteroatoms. The van der Waals surface area contributed by atoms with E-state index in [9.17, 15) is 0 Å². The molecular weight excluding hydrogens is 240 g/mol. The Balaban J connectivity index is 2.27. The molecule has 0 atom stereocenters. The molecule has 0 aliphatic rings. The highest BCUT2D eigenvalue weighted by atomic mass is 13.8. The number of allylic oxidation sites excluding steroid dienone is 12. The summed E-state index contributed by atoms with van der Waals surface area (Å²) in [7, 11) is 0. The maximum Gasteiger partial charge on any atom is -0.0257 e. The summed E-state index contributed by atoms with van der Waals surface area (Å²) in [6.45, 7) is 3.60. The van der Waals surface area contributed by atoms with E-state index in [1.165, 1.54) is 5.56 Å². The molecule has 0 N–H and O–H groups in total. The third kappa shape index (κ3) is 8.48. The fourth-order valence-electron chi connectivity index (χ4n) is 1.39. The van der Waals surface area contributed by atoms with E-state index in [0.717, 1.165) is 0 Å². The number of hydrogen-bond acceptors (Lipinski definition) is 0. The van der Waals surface area contributed by atoms with E-state index in [0.29, 0.717) is 0 Å². The van der Waals surface area contributed by atoms with Crippen molar-refractivity contribution in [3.05, 3.63) is 115 Å². The van der Waals surface area contributed by atoms with E-state index >= 15 is 0 Å². The topological polar surface area (TPSA) is 0 Å². The summed E-state index contributed by atoms with van der Waals surface area (Å²) in [5, 5.41) is 0. The molecule has 0 unspecified atom stereocenters. The van der Waals surface area contributed by atoms with Gasteiger partial charge in [0, 0.05) is 0 Å². The van der Waals surface area contributed by atoms with Crippen LogP contribution in [0.2, 0.25) is 0 Å². The van der Waals surface area contributed by atoms with Gasteiger partial charge in [-0.15, -0.1) is 0 Å². The van der Waals surface area contributed by atoms with Gasteiger partial charge in [0.15, 0.2) is 0 Å². The van der Waals surface area contributed by atoms with Crippen LogP contribution >= 0.6 is 0 Å². The van der Waals surface area contributed by atoms with Crippen molar-refractivity contribution < 1.29 is 0 Å². The molecule has 1 aromatic rings. The summed E-state index contributed by atoms with van der Waals surface area (Å²) >= 11 is 0. The molecule has 0 saturated carbocycles. The standard InChI is InChI=1S/C20H20/c1-2-3-4-5-6-7-8-9-10-11-12-14-17-20-18-15-13-16-19-20/h2-19H,1H2. The Hall–Kier alpha value is -2.60. The third-order valence-electron chi connectivity index (χ3n) is 2.34. The second-order valence-corrected chi connectivity index (χ2v) is 3.93. The van der Waals surface area contributed by atoms with Gasteiger partial charge in [-0.25, -0.2) is 0 Å². The first kappa shape index (κ1) is 15.5. The maximum absolute atomic E-state index is 3.60. The van der Waals surface area contributed by atoms with Crippen molar-refractivity contribution in [2.75, 3.05) is 0 Å². The van der Waals surface area contributed by atoms with E-state index in [4.69, 9.17) is 0 Å². The van der Waals surface area contributed by atoms with Crippen LogP contribution in [0.15, 0.2) is 110 Å². The van der Waals surface area contributed by atoms with Crippen LogP contribution < -0.4 is 0 Å². The van der Waals surface area contributed by atoms with Crippen molar-refractivity contribution in [1.29, 1.82) is 0 Å². The highest BCUT2D eigenvalue weighted by molar-refractivity contribution is 5.50. The zero-order valence-corrected chi connectivity index (χ0v) is 11.6. The van der Waals surface area contributed by atoms with Crippen molar-refractivity contribution in [2.45, 2.75) is 0 Å². The molecule has 0 spiro atoms. The molecule has 1 aromatic carbocycles. The van der Waals surface area contributed by atoms with Crippen LogP contribution in [0, 0.1) is 0 Å². The Bertz CT molecular complexity index is 535. The van der Waals surface area contributed by atoms with E-state index < -0.39 is 0 Å². The maximum atomic E-state index is 3.60. The van der Waals surface area contributed by atoms with Gasteiger partial charge in [0.2, 0.25) is 0 Å². The Morgan fingerprint density at radius 3 is 1.50 bits per heavy atom. The fourth-order valence-corrected chi connectivity index (χ4v) is 1.39. The molecule has 0 aliphatic heterocycles. The molecular formula is C20H20. The van der Waals surface area contributed by atoms with Gasteiger partial charge in [-0.05, 0) is 5.56 Å². The van der Waals surface area contributed by atoms with Crippen molar-refractivity contribution in [3.8, 4) is 0 Å². The molecule has 0 heterocycles. The molecule has 0 saturated heterocycles. The number of benzene rings is 1. The van der Waals surface area contributed by atoms with Gasteiger partial charge in [0.1, 0.15) is 0 Å². The van der Waals surface area contributed by atoms with Crippen LogP contribution in [0.4, 0.5) is 0 Å². The molecule has 0 radical (unpaired) electrons. The van der Waals surface area contributed by atoms with Crippen molar-refractivity contribution in [2.24, 2.45) is 0 Å². The van der Waals surface area contributed by atoms with Crippen LogP contribution in [-0.2, 0) is 0 Å². The summed E-state index contributed by atoms with van der Waals surface area (Å²) < 4.78 is 0. The highest BCUT2D eigenvalue weighted by Crippen LogP contribution is 2.00. The minimum atomic E-state index is 1.21. The van der Waals surface area contributed by atoms with Gasteiger partial charge in [-0.1, -0.05) is 116 Å². The average Bonchev–Trinajstić information content (AvgIpc) is 2.49. The van der Waals surface area contributed by atoms with Crippen molar-refractivity contribution >= 4 is 6.08 Å². The SMILES string of the molecule is C=CC=CC=CC=CC=CC=CC=Cc1ccccc1. The van der Waals surface area contributed by atoms with Crippen LogP contribution in [-0.4, -0.2) is 0 Å². The van der Waals surface area contributed by atoms with Crippen LogP contribution in [0.5, 0.6) is 0 Å². The molecule has 20 heavy (non-hydrogen) atoms. The predicted molar refractivity (Wildman–Crippen MR) is 91.4 cm³/mol. The van der Waals surface area contributed by atoms with Gasteiger partial charge < -0.3 is 0 Å². The quantitative estimate of drug-likeness (QED) is 0.554. The lowest BCUT2D eigenvalue weighted by Crippen LogP contribution is -1.66. The third-order valence-corrected chi connectivity index (χ3v) is 2.34. The first-order valence-corrected chi connectivity index (χ1v) is 6.61. The Labute approximate surface area is 122 Å². The molecule has 0 amide bonds. The van der Waals surface area contributed by atoms with Crippen molar-refractivity contribution in [3.63, 3.8) is 0 Å². The molecule has 0 nitrogen and oxygen atoms in total. The Kier molecular flexibility index (Phi) is 8.88. The largest absolute Gasteiger partial charge is 0.0991 e. The highest BCUT2D eigenvalue weighted by Gasteiger charge is 1.78. The van der Waals surface area contributed by atoms with Gasteiger partial charge in [0.05, 0.1) is 0 Å². The lowest BCUT2D eigenvalue weighted by Gasteiger charge is -1.87. The molecule has 0 aromatic heterocycles. The first-order chi connectivity index (χ1) is 9.93. The summed E-state index contributed by atoms with van der Waals surface area (Å²) in [5.74, 6) is 0. The Morgan fingerprint density at radius 1 is 0.550 bits per heavy atom. The van der Waals surface area contributed by atoms with E-state index in [1.54, 1.807) is 6.08 Å². The van der Waals surface area contributed by atoms with Crippen LogP contribution in [0.1, 0.15) is 5.56 Å². The normalized spacial score (nSPS) is 13.0. The molecule has 0 bridgehead atoms. The van der Waals surface area contributed by atoms with E-state index in [1.807, 2.05) is 85.0 Å². The minimum Gasteiger partial charge on any atom is -0.0991 e. The molecule has 0 fully saturated rings. The lowest BCUT2D eigenvalue weighted by molar-refractivity contribution is 1.66. The summed E-state index contributed by atoms with van der Waals surface area (Å²) in [5.41, 5.74) is 1.21. The first-order valence-electron chi connectivity index (χ1n) is 6.61. The monoisotopic (exact) mass is 260 g/mol. The lowest BCUT2D eigenvalue weighted by atomic mass is 10.2.